The third-order valence-electron chi connectivity index (χ3n) is 0.996. The van der Waals surface area contributed by atoms with Gasteiger partial charge >= 0.3 is 0 Å². The maximum Gasteiger partial charge on any atom is 0.300 e. The monoisotopic (exact) mass is 227 g/mol. The molecule has 0 atom stereocenters. The lowest BCUT2D eigenvalue weighted by molar-refractivity contribution is -0.134. The van der Waals surface area contributed by atoms with Gasteiger partial charge in [0.1, 0.15) is 0 Å². The van der Waals surface area contributed by atoms with Gasteiger partial charge in [0.05, 0.1) is 11.4 Å². The average molecular weight is 227 g/mol. The Kier molecular flexibility index (Phi) is 9.13. The molecule has 7 nitrogen and oxygen atoms in total. The molecule has 10 N–H and O–H groups in total. The molecule has 0 aliphatic rings. The summed E-state index contributed by atoms with van der Waals surface area (Å²) in [6.45, 7) is 1.08. The first-order valence-electron chi connectivity index (χ1n) is 4.16. The van der Waals surface area contributed by atoms with Crippen LogP contribution in [0.4, 0.5) is 11.4 Å². The Bertz CT molecular complexity index is 299. The van der Waals surface area contributed by atoms with Gasteiger partial charge in [-0.3, -0.25) is 10.2 Å². The number of benzene rings is 1. The van der Waals surface area contributed by atoms with Crippen LogP contribution in [0.25, 0.3) is 0 Å². The summed E-state index contributed by atoms with van der Waals surface area (Å²) in [5.41, 5.74) is 21.0. The Balaban J connectivity index is 0. The van der Waals surface area contributed by atoms with E-state index in [0.29, 0.717) is 11.4 Å². The standard InChI is InChI=1S/C6H8N2.C2H4O2.CH5N3/c7-5-3-1-2-4-6(5)8;1-2(3)4;2-1(3)4/h1-4H,7-8H2;1H3,(H,3,4);(H5,2,3,4). The van der Waals surface area contributed by atoms with Crippen molar-refractivity contribution in [3.8, 4) is 0 Å². The number of carboxylic acids is 1. The van der Waals surface area contributed by atoms with Crippen LogP contribution < -0.4 is 22.9 Å². The lowest BCUT2D eigenvalue weighted by Gasteiger charge is -1.94. The van der Waals surface area contributed by atoms with Gasteiger partial charge in [0, 0.05) is 6.92 Å². The van der Waals surface area contributed by atoms with Crippen molar-refractivity contribution in [2.45, 2.75) is 6.92 Å². The molecule has 0 saturated heterocycles. The van der Waals surface area contributed by atoms with Crippen molar-refractivity contribution in [1.82, 2.24) is 0 Å². The number of hydrogen-bond donors (Lipinski definition) is 6. The predicted molar refractivity (Wildman–Crippen MR) is 64.7 cm³/mol. The molecule has 0 aromatic heterocycles. The van der Waals surface area contributed by atoms with E-state index in [-0.39, 0.29) is 5.96 Å². The summed E-state index contributed by atoms with van der Waals surface area (Å²) in [6, 6.07) is 7.25. The van der Waals surface area contributed by atoms with E-state index in [1.165, 1.54) is 0 Å². The molecule has 16 heavy (non-hydrogen) atoms. The number of carboxylic acid groups (broad SMARTS) is 1. The number of carbonyl (C=O) groups is 1. The van der Waals surface area contributed by atoms with E-state index in [2.05, 4.69) is 11.5 Å². The second-order valence-corrected chi connectivity index (χ2v) is 2.60. The normalized spacial score (nSPS) is 7.56. The van der Waals surface area contributed by atoms with Crippen LogP contribution in [-0.2, 0) is 4.79 Å². The number of guanidine groups is 1. The zero-order chi connectivity index (χ0) is 13.1. The second-order valence-electron chi connectivity index (χ2n) is 2.60. The molecule has 7 heteroatoms. The molecule has 0 fully saturated rings. The fourth-order valence-electron chi connectivity index (χ4n) is 0.511. The van der Waals surface area contributed by atoms with Gasteiger partial charge in [-0.1, -0.05) is 12.1 Å². The molecule has 0 bridgehead atoms. The Labute approximate surface area is 93.5 Å². The number of nitrogen functional groups attached to an aromatic ring is 2. The van der Waals surface area contributed by atoms with Gasteiger partial charge in [0.25, 0.3) is 5.97 Å². The minimum absolute atomic E-state index is 0.333. The van der Waals surface area contributed by atoms with Crippen molar-refractivity contribution < 1.29 is 9.90 Å². The molecule has 0 saturated carbocycles. The van der Waals surface area contributed by atoms with Crippen LogP contribution in [0, 0.1) is 5.41 Å². The fraction of sp³-hybridized carbons (Fsp3) is 0.111. The third kappa shape index (κ3) is 17.6. The number of para-hydroxylation sites is 2. The molecule has 1 aromatic carbocycles. The number of aliphatic carboxylic acids is 1. The van der Waals surface area contributed by atoms with E-state index in [9.17, 15) is 0 Å². The summed E-state index contributed by atoms with van der Waals surface area (Å²) < 4.78 is 0. The molecule has 90 valence electrons. The maximum absolute atomic E-state index is 9.00. The van der Waals surface area contributed by atoms with Crippen LogP contribution in [0.1, 0.15) is 6.92 Å². The summed E-state index contributed by atoms with van der Waals surface area (Å²) in [6.07, 6.45) is 0. The van der Waals surface area contributed by atoms with Crippen molar-refractivity contribution in [2.24, 2.45) is 11.5 Å². The van der Waals surface area contributed by atoms with Crippen LogP contribution in [0.15, 0.2) is 24.3 Å². The van der Waals surface area contributed by atoms with E-state index in [1.807, 2.05) is 12.1 Å². The Morgan fingerprint density at radius 1 is 1.19 bits per heavy atom. The van der Waals surface area contributed by atoms with E-state index in [4.69, 9.17) is 26.8 Å². The summed E-state index contributed by atoms with van der Waals surface area (Å²) in [4.78, 5) is 9.00. The minimum atomic E-state index is -0.833. The highest BCUT2D eigenvalue weighted by Gasteiger charge is 1.85. The van der Waals surface area contributed by atoms with Gasteiger partial charge in [0.15, 0.2) is 5.96 Å². The van der Waals surface area contributed by atoms with Crippen molar-refractivity contribution in [1.29, 1.82) is 5.41 Å². The highest BCUT2D eigenvalue weighted by atomic mass is 16.4. The maximum atomic E-state index is 9.00. The zero-order valence-electron chi connectivity index (χ0n) is 8.97. The number of hydrogen-bond acceptors (Lipinski definition) is 4. The Morgan fingerprint density at radius 2 is 1.38 bits per heavy atom. The molecule has 1 rings (SSSR count). The molecule has 0 unspecified atom stereocenters. The Hall–Kier alpha value is -2.44. The Morgan fingerprint density at radius 3 is 1.50 bits per heavy atom. The molecular weight excluding hydrogens is 210 g/mol. The first kappa shape index (κ1) is 16.0. The van der Waals surface area contributed by atoms with Gasteiger partial charge in [-0.15, -0.1) is 0 Å². The quantitative estimate of drug-likeness (QED) is 0.203. The van der Waals surface area contributed by atoms with E-state index < -0.39 is 5.97 Å². The molecule has 0 aliphatic heterocycles. The van der Waals surface area contributed by atoms with Gasteiger partial charge < -0.3 is 28.0 Å². The predicted octanol–water partition coefficient (Wildman–Crippen LogP) is -0.220. The van der Waals surface area contributed by atoms with Crippen LogP contribution in [0.3, 0.4) is 0 Å². The molecular formula is C9H17N5O2. The van der Waals surface area contributed by atoms with Crippen LogP contribution in [0.5, 0.6) is 0 Å². The van der Waals surface area contributed by atoms with E-state index in [0.717, 1.165) is 6.92 Å². The highest BCUT2D eigenvalue weighted by molar-refractivity contribution is 5.71. The minimum Gasteiger partial charge on any atom is -0.481 e. The molecule has 1 aromatic rings. The molecule has 0 heterocycles. The molecule has 0 spiro atoms. The summed E-state index contributed by atoms with van der Waals surface area (Å²) in [5.74, 6) is -1.17. The first-order valence-corrected chi connectivity index (χ1v) is 4.16. The van der Waals surface area contributed by atoms with Crippen LogP contribution >= 0.6 is 0 Å². The fourth-order valence-corrected chi connectivity index (χ4v) is 0.511. The van der Waals surface area contributed by atoms with Crippen molar-refractivity contribution in [3.63, 3.8) is 0 Å². The van der Waals surface area contributed by atoms with Crippen molar-refractivity contribution in [2.75, 3.05) is 11.5 Å². The van der Waals surface area contributed by atoms with Gasteiger partial charge in [-0.2, -0.15) is 0 Å². The summed E-state index contributed by atoms with van der Waals surface area (Å²) in [7, 11) is 0. The number of rotatable bonds is 0. The largest absolute Gasteiger partial charge is 0.481 e. The van der Waals surface area contributed by atoms with Gasteiger partial charge in [-0.25, -0.2) is 0 Å². The van der Waals surface area contributed by atoms with Crippen molar-refractivity contribution >= 4 is 23.3 Å². The SMILES string of the molecule is CC(=O)O.N=C(N)N.Nc1ccccc1N. The lowest BCUT2D eigenvalue weighted by Crippen LogP contribution is -2.20. The zero-order valence-corrected chi connectivity index (χ0v) is 8.97. The molecule has 0 aliphatic carbocycles. The van der Waals surface area contributed by atoms with E-state index in [1.54, 1.807) is 12.1 Å². The van der Waals surface area contributed by atoms with Crippen LogP contribution in [-0.4, -0.2) is 17.0 Å². The highest BCUT2D eigenvalue weighted by Crippen LogP contribution is 2.10. The van der Waals surface area contributed by atoms with Gasteiger partial charge in [-0.05, 0) is 12.1 Å². The van der Waals surface area contributed by atoms with E-state index >= 15 is 0 Å². The topological polar surface area (TPSA) is 165 Å². The average Bonchev–Trinajstić information content (AvgIpc) is 2.08. The van der Waals surface area contributed by atoms with Crippen LogP contribution in [0.2, 0.25) is 0 Å². The number of nitrogens with one attached hydrogen (secondary N) is 1. The summed E-state index contributed by atoms with van der Waals surface area (Å²) >= 11 is 0. The molecule has 0 radical (unpaired) electrons. The van der Waals surface area contributed by atoms with Crippen molar-refractivity contribution in [3.05, 3.63) is 24.3 Å². The third-order valence-corrected chi connectivity index (χ3v) is 0.996. The smallest absolute Gasteiger partial charge is 0.300 e. The number of anilines is 2. The summed E-state index contributed by atoms with van der Waals surface area (Å²) in [5, 5.41) is 13.5. The second kappa shape index (κ2) is 9.13. The molecule has 0 amide bonds. The number of nitrogens with two attached hydrogens (primary N) is 4. The first-order chi connectivity index (χ1) is 7.27. The van der Waals surface area contributed by atoms with Gasteiger partial charge in [0.2, 0.25) is 0 Å². The lowest BCUT2D eigenvalue weighted by atomic mass is 10.3.